The van der Waals surface area contributed by atoms with Crippen LogP contribution in [0.1, 0.15) is 51.5 Å². The topological polar surface area (TPSA) is 47.6 Å². The van der Waals surface area contributed by atoms with Crippen LogP contribution in [-0.2, 0) is 13.6 Å². The van der Waals surface area contributed by atoms with E-state index in [4.69, 9.17) is 9.05 Å². The van der Waals surface area contributed by atoms with Crippen molar-refractivity contribution in [1.29, 1.82) is 0 Å². The Morgan fingerprint density at radius 2 is 1.59 bits per heavy atom. The Balaban J connectivity index is 2.33. The van der Waals surface area contributed by atoms with E-state index in [-0.39, 0.29) is 0 Å². The van der Waals surface area contributed by atoms with E-state index in [0.29, 0.717) is 13.2 Å². The average Bonchev–Trinajstić information content (AvgIpc) is 2.51. The molecule has 0 aromatic heterocycles. The number of anilines is 1. The second-order valence-corrected chi connectivity index (χ2v) is 8.28. The van der Waals surface area contributed by atoms with Gasteiger partial charge in [-0.3, -0.25) is 4.57 Å². The quantitative estimate of drug-likeness (QED) is 0.688. The van der Waals surface area contributed by atoms with Gasteiger partial charge in [0.2, 0.25) is 0 Å². The molecule has 0 bridgehead atoms. The fourth-order valence-electron chi connectivity index (χ4n) is 3.13. The Kier molecular flexibility index (Phi) is 6.08. The Bertz CT molecular complexity index is 499. The molecule has 0 radical (unpaired) electrons. The van der Waals surface area contributed by atoms with Gasteiger partial charge in [-0.1, -0.05) is 37.0 Å². The number of nitrogens with one attached hydrogen (secondary N) is 1. The van der Waals surface area contributed by atoms with E-state index in [1.165, 1.54) is 12.0 Å². The standard InChI is InChI=1S/C17H28NO3P/c1-4-20-22(19,21-5-2)17(13-7-6-8-14-17)18-16-11-9-15(3)10-12-16/h9-12,18H,4-8,13-14H2,1-3H3. The molecule has 0 unspecified atom stereocenters. The molecule has 0 aliphatic heterocycles. The summed E-state index contributed by atoms with van der Waals surface area (Å²) in [6.45, 7) is 6.59. The third-order valence-corrected chi connectivity index (χ3v) is 7.04. The minimum Gasteiger partial charge on any atom is -0.369 e. The van der Waals surface area contributed by atoms with Crippen molar-refractivity contribution in [3.05, 3.63) is 29.8 Å². The van der Waals surface area contributed by atoms with Crippen LogP contribution < -0.4 is 5.32 Å². The largest absolute Gasteiger partial charge is 0.369 e. The molecule has 0 saturated heterocycles. The van der Waals surface area contributed by atoms with E-state index < -0.39 is 12.9 Å². The Morgan fingerprint density at radius 1 is 1.05 bits per heavy atom. The molecule has 0 spiro atoms. The van der Waals surface area contributed by atoms with Gasteiger partial charge in [0.25, 0.3) is 0 Å². The molecule has 5 heteroatoms. The fourth-order valence-corrected chi connectivity index (χ4v) is 5.51. The van der Waals surface area contributed by atoms with Gasteiger partial charge in [0.1, 0.15) is 5.28 Å². The van der Waals surface area contributed by atoms with Crippen LogP contribution in [0.4, 0.5) is 5.69 Å². The van der Waals surface area contributed by atoms with Gasteiger partial charge in [-0.2, -0.15) is 0 Å². The maximum absolute atomic E-state index is 13.5. The summed E-state index contributed by atoms with van der Waals surface area (Å²) in [6.07, 6.45) is 4.90. The van der Waals surface area contributed by atoms with Crippen molar-refractivity contribution >= 4 is 13.3 Å². The lowest BCUT2D eigenvalue weighted by molar-refractivity contribution is 0.188. The van der Waals surface area contributed by atoms with Gasteiger partial charge >= 0.3 is 7.60 Å². The molecule has 1 aromatic rings. The summed E-state index contributed by atoms with van der Waals surface area (Å²) in [7, 11) is -3.21. The van der Waals surface area contributed by atoms with Gasteiger partial charge < -0.3 is 14.4 Å². The van der Waals surface area contributed by atoms with Crippen molar-refractivity contribution in [3.63, 3.8) is 0 Å². The number of rotatable bonds is 7. The normalized spacial score (nSPS) is 18.1. The summed E-state index contributed by atoms with van der Waals surface area (Å²) in [5.41, 5.74) is 2.19. The van der Waals surface area contributed by atoms with E-state index >= 15 is 0 Å². The molecule has 1 aliphatic carbocycles. The summed E-state index contributed by atoms with van der Waals surface area (Å²) in [6, 6.07) is 8.19. The number of benzene rings is 1. The molecular weight excluding hydrogens is 297 g/mol. The molecule has 1 saturated carbocycles. The van der Waals surface area contributed by atoms with Crippen molar-refractivity contribution < 1.29 is 13.6 Å². The lowest BCUT2D eigenvalue weighted by Gasteiger charge is -2.42. The first-order valence-electron chi connectivity index (χ1n) is 8.29. The van der Waals surface area contributed by atoms with Crippen LogP contribution in [-0.4, -0.2) is 18.5 Å². The SMILES string of the molecule is CCOP(=O)(OCC)C1(Nc2ccc(C)cc2)CCCCC1. The minimum absolute atomic E-state index is 0.397. The zero-order valence-corrected chi connectivity index (χ0v) is 14.8. The molecule has 0 amide bonds. The molecule has 1 aromatic carbocycles. The first kappa shape index (κ1) is 17.5. The summed E-state index contributed by atoms with van der Waals surface area (Å²) in [5, 5.41) is 2.91. The number of hydrogen-bond acceptors (Lipinski definition) is 4. The molecule has 22 heavy (non-hydrogen) atoms. The van der Waals surface area contributed by atoms with Crippen LogP contribution in [0.5, 0.6) is 0 Å². The summed E-state index contributed by atoms with van der Waals surface area (Å²) < 4.78 is 24.8. The summed E-state index contributed by atoms with van der Waals surface area (Å²) in [5.74, 6) is 0. The third-order valence-electron chi connectivity index (χ3n) is 4.23. The Hall–Kier alpha value is -0.830. The van der Waals surface area contributed by atoms with Crippen molar-refractivity contribution in [2.75, 3.05) is 18.5 Å². The van der Waals surface area contributed by atoms with E-state index in [1.54, 1.807) is 0 Å². The fraction of sp³-hybridized carbons (Fsp3) is 0.647. The molecule has 2 rings (SSSR count). The smallest absolute Gasteiger partial charge is 0.355 e. The van der Waals surface area contributed by atoms with Crippen molar-refractivity contribution in [2.45, 2.75) is 58.2 Å². The van der Waals surface area contributed by atoms with Gasteiger partial charge in [0.05, 0.1) is 13.2 Å². The molecule has 4 nitrogen and oxygen atoms in total. The Labute approximate surface area is 134 Å². The van der Waals surface area contributed by atoms with Crippen molar-refractivity contribution in [3.8, 4) is 0 Å². The van der Waals surface area contributed by atoms with Crippen LogP contribution in [0.15, 0.2) is 24.3 Å². The van der Waals surface area contributed by atoms with E-state index in [9.17, 15) is 4.57 Å². The highest BCUT2D eigenvalue weighted by atomic mass is 31.2. The van der Waals surface area contributed by atoms with Gasteiger partial charge in [-0.25, -0.2) is 0 Å². The van der Waals surface area contributed by atoms with Crippen molar-refractivity contribution in [1.82, 2.24) is 0 Å². The van der Waals surface area contributed by atoms with Crippen LogP contribution in [0.2, 0.25) is 0 Å². The minimum atomic E-state index is -3.21. The van der Waals surface area contributed by atoms with E-state index in [0.717, 1.165) is 31.4 Å². The molecule has 0 atom stereocenters. The molecule has 124 valence electrons. The highest BCUT2D eigenvalue weighted by molar-refractivity contribution is 7.55. The van der Waals surface area contributed by atoms with Crippen LogP contribution >= 0.6 is 7.60 Å². The zero-order chi connectivity index (χ0) is 16.1. The maximum atomic E-state index is 13.5. The number of hydrogen-bond donors (Lipinski definition) is 1. The van der Waals surface area contributed by atoms with Crippen LogP contribution in [0.3, 0.4) is 0 Å². The lowest BCUT2D eigenvalue weighted by atomic mass is 9.94. The molecule has 1 aliphatic rings. The first-order valence-corrected chi connectivity index (χ1v) is 9.83. The summed E-state index contributed by atoms with van der Waals surface area (Å²) >= 11 is 0. The molecule has 1 fully saturated rings. The molecular formula is C17H28NO3P. The first-order chi connectivity index (χ1) is 10.6. The Morgan fingerprint density at radius 3 is 2.09 bits per heavy atom. The highest BCUT2D eigenvalue weighted by Gasteiger charge is 2.51. The zero-order valence-electron chi connectivity index (χ0n) is 13.9. The van der Waals surface area contributed by atoms with Crippen LogP contribution in [0.25, 0.3) is 0 Å². The highest BCUT2D eigenvalue weighted by Crippen LogP contribution is 2.64. The summed E-state index contributed by atoms with van der Waals surface area (Å²) in [4.78, 5) is 0. The average molecular weight is 325 g/mol. The van der Waals surface area contributed by atoms with E-state index in [1.807, 2.05) is 26.0 Å². The second-order valence-electron chi connectivity index (χ2n) is 5.92. The lowest BCUT2D eigenvalue weighted by Crippen LogP contribution is -2.41. The predicted octanol–water partition coefficient (Wildman–Crippen LogP) is 5.33. The van der Waals surface area contributed by atoms with E-state index in [2.05, 4.69) is 24.4 Å². The van der Waals surface area contributed by atoms with Gasteiger partial charge in [-0.15, -0.1) is 0 Å². The number of aryl methyl sites for hydroxylation is 1. The van der Waals surface area contributed by atoms with Gasteiger partial charge in [0.15, 0.2) is 0 Å². The van der Waals surface area contributed by atoms with Gasteiger partial charge in [-0.05, 0) is 45.7 Å². The van der Waals surface area contributed by atoms with Crippen molar-refractivity contribution in [2.24, 2.45) is 0 Å². The third kappa shape index (κ3) is 3.73. The monoisotopic (exact) mass is 325 g/mol. The predicted molar refractivity (Wildman–Crippen MR) is 91.5 cm³/mol. The van der Waals surface area contributed by atoms with Gasteiger partial charge in [0, 0.05) is 5.69 Å². The maximum Gasteiger partial charge on any atom is 0.355 e. The van der Waals surface area contributed by atoms with Crippen LogP contribution in [0, 0.1) is 6.92 Å². The second kappa shape index (κ2) is 7.63. The molecule has 1 N–H and O–H groups in total. The molecule has 0 heterocycles.